The maximum atomic E-state index is 11.7. The minimum absolute atomic E-state index is 0.0109. The fourth-order valence-electron chi connectivity index (χ4n) is 1.70. The Morgan fingerprint density at radius 2 is 1.71 bits per heavy atom. The van der Waals surface area contributed by atoms with Crippen molar-refractivity contribution in [3.8, 4) is 0 Å². The summed E-state index contributed by atoms with van der Waals surface area (Å²) < 4.78 is 0. The molecule has 5 nitrogen and oxygen atoms in total. The molecule has 0 aliphatic heterocycles. The predicted octanol–water partition coefficient (Wildman–Crippen LogP) is 3.56. The minimum atomic E-state index is -0.483. The first-order chi connectivity index (χ1) is 10.0. The number of nitrogens with one attached hydrogen (secondary N) is 1. The lowest BCUT2D eigenvalue weighted by molar-refractivity contribution is -0.384. The standard InChI is InChI=1S/C16H14N2O3/c1-12-2-4-13(5-3-12)6-11-16(19)17-14-7-9-15(10-8-14)18(20)21/h2-11H,1H3,(H,17,19)/b11-6+. The van der Waals surface area contributed by atoms with Gasteiger partial charge in [0.15, 0.2) is 0 Å². The number of carbonyl (C=O) groups excluding carboxylic acids is 1. The van der Waals surface area contributed by atoms with Gasteiger partial charge in [0.25, 0.3) is 5.69 Å². The Morgan fingerprint density at radius 1 is 1.10 bits per heavy atom. The first kappa shape index (κ1) is 14.5. The number of non-ortho nitro benzene ring substituents is 1. The van der Waals surface area contributed by atoms with Crippen molar-refractivity contribution in [2.24, 2.45) is 0 Å². The van der Waals surface area contributed by atoms with Gasteiger partial charge in [-0.3, -0.25) is 14.9 Å². The number of rotatable bonds is 4. The van der Waals surface area contributed by atoms with Crippen molar-refractivity contribution in [2.75, 3.05) is 5.32 Å². The topological polar surface area (TPSA) is 72.2 Å². The molecule has 0 spiro atoms. The van der Waals surface area contributed by atoms with E-state index in [2.05, 4.69) is 5.32 Å². The van der Waals surface area contributed by atoms with Crippen LogP contribution < -0.4 is 5.32 Å². The Labute approximate surface area is 122 Å². The number of nitro groups is 1. The Hall–Kier alpha value is -2.95. The lowest BCUT2D eigenvalue weighted by atomic mass is 10.1. The molecule has 0 radical (unpaired) electrons. The lowest BCUT2D eigenvalue weighted by Crippen LogP contribution is -2.07. The molecule has 21 heavy (non-hydrogen) atoms. The van der Waals surface area contributed by atoms with Crippen LogP contribution in [0.1, 0.15) is 11.1 Å². The molecule has 0 unspecified atom stereocenters. The summed E-state index contributed by atoms with van der Waals surface area (Å²) in [5.41, 5.74) is 2.59. The van der Waals surface area contributed by atoms with E-state index in [-0.39, 0.29) is 11.6 Å². The zero-order chi connectivity index (χ0) is 15.2. The summed E-state index contributed by atoms with van der Waals surface area (Å²) in [6.45, 7) is 1.99. The Morgan fingerprint density at radius 3 is 2.29 bits per heavy atom. The molecule has 0 aliphatic rings. The van der Waals surface area contributed by atoms with Crippen molar-refractivity contribution >= 4 is 23.4 Å². The van der Waals surface area contributed by atoms with Gasteiger partial charge in [-0.2, -0.15) is 0 Å². The zero-order valence-electron chi connectivity index (χ0n) is 11.4. The molecule has 5 heteroatoms. The zero-order valence-corrected chi connectivity index (χ0v) is 11.4. The second-order valence-electron chi connectivity index (χ2n) is 4.54. The molecule has 0 heterocycles. The van der Waals surface area contributed by atoms with Crippen LogP contribution in [0.2, 0.25) is 0 Å². The molecule has 0 saturated heterocycles. The number of amides is 1. The van der Waals surface area contributed by atoms with Crippen LogP contribution in [0.25, 0.3) is 6.08 Å². The first-order valence-corrected chi connectivity index (χ1v) is 6.35. The van der Waals surface area contributed by atoms with E-state index in [1.54, 1.807) is 6.08 Å². The number of benzene rings is 2. The monoisotopic (exact) mass is 282 g/mol. The van der Waals surface area contributed by atoms with Crippen molar-refractivity contribution in [2.45, 2.75) is 6.92 Å². The number of aryl methyl sites for hydroxylation is 1. The molecular formula is C16H14N2O3. The van der Waals surface area contributed by atoms with Gasteiger partial charge in [0, 0.05) is 23.9 Å². The van der Waals surface area contributed by atoms with Gasteiger partial charge in [-0.15, -0.1) is 0 Å². The normalized spacial score (nSPS) is 10.5. The van der Waals surface area contributed by atoms with Crippen molar-refractivity contribution < 1.29 is 9.72 Å². The van der Waals surface area contributed by atoms with Crippen LogP contribution in [0.5, 0.6) is 0 Å². The summed E-state index contributed by atoms with van der Waals surface area (Å²) in [5.74, 6) is -0.288. The van der Waals surface area contributed by atoms with Gasteiger partial charge in [-0.05, 0) is 30.7 Å². The van der Waals surface area contributed by atoms with Gasteiger partial charge in [0.2, 0.25) is 5.91 Å². The minimum Gasteiger partial charge on any atom is -0.323 e. The summed E-state index contributed by atoms with van der Waals surface area (Å²) in [6, 6.07) is 13.5. The third-order valence-corrected chi connectivity index (χ3v) is 2.85. The Bertz CT molecular complexity index is 674. The van der Waals surface area contributed by atoms with E-state index in [0.717, 1.165) is 11.1 Å². The number of hydrogen-bond donors (Lipinski definition) is 1. The Kier molecular flexibility index (Phi) is 4.46. The fourth-order valence-corrected chi connectivity index (χ4v) is 1.70. The summed E-state index contributed by atoms with van der Waals surface area (Å²) >= 11 is 0. The second-order valence-corrected chi connectivity index (χ2v) is 4.54. The summed E-state index contributed by atoms with van der Waals surface area (Å²) in [7, 11) is 0. The van der Waals surface area contributed by atoms with Gasteiger partial charge in [0.1, 0.15) is 0 Å². The molecule has 2 aromatic rings. The average Bonchev–Trinajstić information content (AvgIpc) is 2.47. The number of carbonyl (C=O) groups is 1. The molecule has 0 fully saturated rings. The maximum Gasteiger partial charge on any atom is 0.269 e. The van der Waals surface area contributed by atoms with E-state index in [9.17, 15) is 14.9 Å². The van der Waals surface area contributed by atoms with E-state index >= 15 is 0 Å². The maximum absolute atomic E-state index is 11.7. The fraction of sp³-hybridized carbons (Fsp3) is 0.0625. The first-order valence-electron chi connectivity index (χ1n) is 6.35. The van der Waals surface area contributed by atoms with Crippen LogP contribution >= 0.6 is 0 Å². The quantitative estimate of drug-likeness (QED) is 0.529. The van der Waals surface area contributed by atoms with E-state index in [4.69, 9.17) is 0 Å². The molecule has 106 valence electrons. The largest absolute Gasteiger partial charge is 0.323 e. The smallest absolute Gasteiger partial charge is 0.269 e. The third-order valence-electron chi connectivity index (χ3n) is 2.85. The highest BCUT2D eigenvalue weighted by molar-refractivity contribution is 6.01. The number of anilines is 1. The summed E-state index contributed by atoms with van der Waals surface area (Å²) in [4.78, 5) is 21.8. The van der Waals surface area contributed by atoms with Crippen molar-refractivity contribution in [1.29, 1.82) is 0 Å². The van der Waals surface area contributed by atoms with Gasteiger partial charge in [-0.25, -0.2) is 0 Å². The van der Waals surface area contributed by atoms with Crippen LogP contribution in [-0.4, -0.2) is 10.8 Å². The SMILES string of the molecule is Cc1ccc(/C=C/C(=O)Nc2ccc([N+](=O)[O-])cc2)cc1. The van der Waals surface area contributed by atoms with Gasteiger partial charge in [0.05, 0.1) is 4.92 Å². The van der Waals surface area contributed by atoms with Gasteiger partial charge in [-0.1, -0.05) is 29.8 Å². The van der Waals surface area contributed by atoms with E-state index in [1.807, 2.05) is 31.2 Å². The van der Waals surface area contributed by atoms with E-state index in [0.29, 0.717) is 5.69 Å². The third kappa shape index (κ3) is 4.28. The van der Waals surface area contributed by atoms with Crippen molar-refractivity contribution in [3.63, 3.8) is 0 Å². The summed E-state index contributed by atoms with van der Waals surface area (Å²) in [6.07, 6.45) is 3.13. The molecule has 0 aromatic heterocycles. The van der Waals surface area contributed by atoms with Gasteiger partial charge < -0.3 is 5.32 Å². The lowest BCUT2D eigenvalue weighted by Gasteiger charge is -2.01. The molecule has 0 aliphatic carbocycles. The van der Waals surface area contributed by atoms with Crippen LogP contribution in [0.4, 0.5) is 11.4 Å². The van der Waals surface area contributed by atoms with Crippen LogP contribution in [0.3, 0.4) is 0 Å². The molecule has 0 atom stereocenters. The molecule has 2 aromatic carbocycles. The number of nitrogens with zero attached hydrogens (tertiary/aromatic N) is 1. The van der Waals surface area contributed by atoms with E-state index in [1.165, 1.54) is 30.3 Å². The number of nitro benzene ring substituents is 1. The highest BCUT2D eigenvalue weighted by Crippen LogP contribution is 2.15. The average molecular weight is 282 g/mol. The predicted molar refractivity (Wildman–Crippen MR) is 81.9 cm³/mol. The molecule has 2 rings (SSSR count). The molecular weight excluding hydrogens is 268 g/mol. The summed E-state index contributed by atoms with van der Waals surface area (Å²) in [5, 5.41) is 13.2. The number of hydrogen-bond acceptors (Lipinski definition) is 3. The van der Waals surface area contributed by atoms with Crippen LogP contribution in [0.15, 0.2) is 54.6 Å². The van der Waals surface area contributed by atoms with E-state index < -0.39 is 4.92 Å². The van der Waals surface area contributed by atoms with Crippen molar-refractivity contribution in [1.82, 2.24) is 0 Å². The van der Waals surface area contributed by atoms with Crippen molar-refractivity contribution in [3.05, 3.63) is 75.8 Å². The molecule has 0 saturated carbocycles. The second kappa shape index (κ2) is 6.47. The highest BCUT2D eigenvalue weighted by Gasteiger charge is 2.04. The van der Waals surface area contributed by atoms with Crippen LogP contribution in [-0.2, 0) is 4.79 Å². The molecule has 0 bridgehead atoms. The van der Waals surface area contributed by atoms with Gasteiger partial charge >= 0.3 is 0 Å². The molecule has 1 amide bonds. The van der Waals surface area contributed by atoms with Crippen LogP contribution in [0, 0.1) is 17.0 Å². The molecule has 1 N–H and O–H groups in total. The highest BCUT2D eigenvalue weighted by atomic mass is 16.6. The Balaban J connectivity index is 1.98.